The molecular weight excluding hydrogens is 256 g/mol. The first-order valence-electron chi connectivity index (χ1n) is 4.44. The van der Waals surface area contributed by atoms with Gasteiger partial charge < -0.3 is 4.74 Å². The van der Waals surface area contributed by atoms with Gasteiger partial charge in [0.25, 0.3) is 0 Å². The maximum absolute atomic E-state index is 5.02. The van der Waals surface area contributed by atoms with Gasteiger partial charge >= 0.3 is 0 Å². The molecule has 1 heterocycles. The maximum atomic E-state index is 5.02. The van der Waals surface area contributed by atoms with E-state index in [4.69, 9.17) is 4.74 Å². The molecule has 0 unspecified atom stereocenters. The van der Waals surface area contributed by atoms with E-state index in [-0.39, 0.29) is 0 Å². The average molecular weight is 265 g/mol. The number of rotatable bonds is 2. The molecule has 2 rings (SSSR count). The molecule has 0 aliphatic heterocycles. The fraction of sp³-hybridized carbons (Fsp3) is 0.0909. The first-order valence-corrected chi connectivity index (χ1v) is 5.23. The van der Waals surface area contributed by atoms with Crippen LogP contribution in [-0.2, 0) is 0 Å². The van der Waals surface area contributed by atoms with Crippen LogP contribution in [0.2, 0.25) is 0 Å². The minimum absolute atomic E-state index is 0.495. The van der Waals surface area contributed by atoms with Crippen LogP contribution in [-0.4, -0.2) is 17.3 Å². The number of halogens is 1. The third kappa shape index (κ3) is 2.15. The van der Waals surface area contributed by atoms with Gasteiger partial charge in [-0.25, -0.2) is 0 Å². The number of aromatic nitrogens is 2. The Morgan fingerprint density at radius 1 is 1.13 bits per heavy atom. The van der Waals surface area contributed by atoms with Crippen molar-refractivity contribution in [1.82, 2.24) is 10.2 Å². The summed E-state index contributed by atoms with van der Waals surface area (Å²) in [6.07, 6.45) is 0. The molecule has 0 bridgehead atoms. The van der Waals surface area contributed by atoms with Crippen LogP contribution >= 0.6 is 15.9 Å². The zero-order valence-electron chi connectivity index (χ0n) is 8.14. The Kier molecular flexibility index (Phi) is 2.97. The second kappa shape index (κ2) is 4.40. The van der Waals surface area contributed by atoms with E-state index in [1.807, 2.05) is 36.4 Å². The van der Waals surface area contributed by atoms with Gasteiger partial charge in [-0.1, -0.05) is 30.3 Å². The van der Waals surface area contributed by atoms with E-state index in [9.17, 15) is 0 Å². The van der Waals surface area contributed by atoms with Crippen LogP contribution in [0, 0.1) is 0 Å². The molecule has 0 saturated carbocycles. The zero-order valence-corrected chi connectivity index (χ0v) is 9.73. The van der Waals surface area contributed by atoms with Gasteiger partial charge in [0.15, 0.2) is 0 Å². The van der Waals surface area contributed by atoms with Crippen LogP contribution in [0.5, 0.6) is 5.88 Å². The van der Waals surface area contributed by atoms with E-state index < -0.39 is 0 Å². The summed E-state index contributed by atoms with van der Waals surface area (Å²) in [5.41, 5.74) is 1.86. The molecule has 2 aromatic rings. The highest BCUT2D eigenvalue weighted by Gasteiger charge is 2.05. The summed E-state index contributed by atoms with van der Waals surface area (Å²) in [4.78, 5) is 0. The van der Waals surface area contributed by atoms with Crippen LogP contribution < -0.4 is 4.74 Å². The van der Waals surface area contributed by atoms with Crippen molar-refractivity contribution in [2.75, 3.05) is 7.11 Å². The van der Waals surface area contributed by atoms with Crippen molar-refractivity contribution in [3.05, 3.63) is 40.9 Å². The molecule has 0 spiro atoms. The van der Waals surface area contributed by atoms with Crippen molar-refractivity contribution in [3.8, 4) is 17.1 Å². The molecule has 0 aliphatic carbocycles. The molecule has 0 radical (unpaired) electrons. The van der Waals surface area contributed by atoms with Gasteiger partial charge in [0.1, 0.15) is 0 Å². The summed E-state index contributed by atoms with van der Waals surface area (Å²) in [6, 6.07) is 11.8. The number of hydrogen-bond acceptors (Lipinski definition) is 3. The standard InChI is InChI=1S/C11H9BrN2O/c1-15-11-9(12)7-10(13-14-11)8-5-3-2-4-6-8/h2-7H,1H3. The van der Waals surface area contributed by atoms with Gasteiger partial charge in [0, 0.05) is 5.56 Å². The second-order valence-electron chi connectivity index (χ2n) is 2.95. The predicted octanol–water partition coefficient (Wildman–Crippen LogP) is 2.91. The Morgan fingerprint density at radius 3 is 2.47 bits per heavy atom. The monoisotopic (exact) mass is 264 g/mol. The molecule has 0 atom stereocenters. The second-order valence-corrected chi connectivity index (χ2v) is 3.81. The van der Waals surface area contributed by atoms with E-state index in [1.54, 1.807) is 7.11 Å². The zero-order chi connectivity index (χ0) is 10.7. The van der Waals surface area contributed by atoms with Crippen molar-refractivity contribution >= 4 is 15.9 Å². The molecule has 3 nitrogen and oxygen atoms in total. The molecule has 0 saturated heterocycles. The lowest BCUT2D eigenvalue weighted by Gasteiger charge is -2.03. The summed E-state index contributed by atoms with van der Waals surface area (Å²) in [6.45, 7) is 0. The molecule has 0 N–H and O–H groups in total. The Morgan fingerprint density at radius 2 is 1.87 bits per heavy atom. The van der Waals surface area contributed by atoms with Gasteiger partial charge in [0.05, 0.1) is 17.3 Å². The molecular formula is C11H9BrN2O. The van der Waals surface area contributed by atoms with E-state index in [2.05, 4.69) is 26.1 Å². The third-order valence-electron chi connectivity index (χ3n) is 1.98. The van der Waals surface area contributed by atoms with Crippen LogP contribution in [0.25, 0.3) is 11.3 Å². The van der Waals surface area contributed by atoms with Gasteiger partial charge in [0.2, 0.25) is 5.88 Å². The molecule has 1 aromatic carbocycles. The smallest absolute Gasteiger partial charge is 0.247 e. The van der Waals surface area contributed by atoms with Gasteiger partial charge in [-0.15, -0.1) is 10.2 Å². The van der Waals surface area contributed by atoms with Crippen molar-refractivity contribution < 1.29 is 4.74 Å². The first-order chi connectivity index (χ1) is 7.31. The first kappa shape index (κ1) is 10.1. The maximum Gasteiger partial charge on any atom is 0.247 e. The number of ether oxygens (including phenoxy) is 1. The quantitative estimate of drug-likeness (QED) is 0.837. The van der Waals surface area contributed by atoms with Gasteiger partial charge in [-0.2, -0.15) is 0 Å². The molecule has 0 amide bonds. The van der Waals surface area contributed by atoms with Crippen molar-refractivity contribution in [1.29, 1.82) is 0 Å². The number of hydrogen-bond donors (Lipinski definition) is 0. The minimum Gasteiger partial charge on any atom is -0.479 e. The lowest BCUT2D eigenvalue weighted by molar-refractivity contribution is 0.389. The molecule has 15 heavy (non-hydrogen) atoms. The van der Waals surface area contributed by atoms with Crippen molar-refractivity contribution in [3.63, 3.8) is 0 Å². The Hall–Kier alpha value is -1.42. The summed E-state index contributed by atoms with van der Waals surface area (Å²) in [5.74, 6) is 0.495. The summed E-state index contributed by atoms with van der Waals surface area (Å²) < 4.78 is 5.82. The van der Waals surface area contributed by atoms with E-state index in [0.29, 0.717) is 5.88 Å². The highest BCUT2D eigenvalue weighted by Crippen LogP contribution is 2.25. The topological polar surface area (TPSA) is 35.0 Å². The van der Waals surface area contributed by atoms with E-state index in [0.717, 1.165) is 15.7 Å². The van der Waals surface area contributed by atoms with Crippen LogP contribution in [0.3, 0.4) is 0 Å². The molecule has 4 heteroatoms. The lowest BCUT2D eigenvalue weighted by atomic mass is 10.1. The predicted molar refractivity (Wildman–Crippen MR) is 61.7 cm³/mol. The average Bonchev–Trinajstić information content (AvgIpc) is 2.30. The number of methoxy groups -OCH3 is 1. The fourth-order valence-corrected chi connectivity index (χ4v) is 1.70. The fourth-order valence-electron chi connectivity index (χ4n) is 1.25. The summed E-state index contributed by atoms with van der Waals surface area (Å²) >= 11 is 3.38. The molecule has 76 valence electrons. The van der Waals surface area contributed by atoms with Crippen LogP contribution in [0.15, 0.2) is 40.9 Å². The third-order valence-corrected chi connectivity index (χ3v) is 2.55. The largest absolute Gasteiger partial charge is 0.479 e. The Balaban J connectivity index is 2.43. The van der Waals surface area contributed by atoms with Crippen LogP contribution in [0.4, 0.5) is 0 Å². The van der Waals surface area contributed by atoms with E-state index >= 15 is 0 Å². The minimum atomic E-state index is 0.495. The van der Waals surface area contributed by atoms with Gasteiger partial charge in [-0.3, -0.25) is 0 Å². The molecule has 1 aromatic heterocycles. The Labute approximate surface area is 96.2 Å². The van der Waals surface area contributed by atoms with Crippen molar-refractivity contribution in [2.45, 2.75) is 0 Å². The van der Waals surface area contributed by atoms with Crippen LogP contribution in [0.1, 0.15) is 0 Å². The van der Waals surface area contributed by atoms with E-state index in [1.165, 1.54) is 0 Å². The highest BCUT2D eigenvalue weighted by molar-refractivity contribution is 9.10. The van der Waals surface area contributed by atoms with Gasteiger partial charge in [-0.05, 0) is 22.0 Å². The number of nitrogens with zero attached hydrogens (tertiary/aromatic N) is 2. The number of benzene rings is 1. The summed E-state index contributed by atoms with van der Waals surface area (Å²) in [5, 5.41) is 8.03. The van der Waals surface area contributed by atoms with Crippen molar-refractivity contribution in [2.24, 2.45) is 0 Å². The molecule has 0 aliphatic rings. The highest BCUT2D eigenvalue weighted by atomic mass is 79.9. The lowest BCUT2D eigenvalue weighted by Crippen LogP contribution is -1.93. The Bertz CT molecular complexity index is 459. The summed E-state index contributed by atoms with van der Waals surface area (Å²) in [7, 11) is 1.57. The molecule has 0 fully saturated rings. The normalized spacial score (nSPS) is 10.0. The SMILES string of the molecule is COc1nnc(-c2ccccc2)cc1Br.